The number of nitrogens with zero attached hydrogens (tertiary/aromatic N) is 2. The number of nitriles is 1. The van der Waals surface area contributed by atoms with Crippen molar-refractivity contribution in [1.29, 1.82) is 5.26 Å². The minimum atomic E-state index is -5.08. The fourth-order valence-corrected chi connectivity index (χ4v) is 1.28. The molecule has 0 aliphatic rings. The van der Waals surface area contributed by atoms with Crippen molar-refractivity contribution in [3.05, 3.63) is 28.0 Å². The summed E-state index contributed by atoms with van der Waals surface area (Å²) < 4.78 is 61.7. The molecule has 0 unspecified atom stereocenters. The molecule has 0 amide bonds. The summed E-state index contributed by atoms with van der Waals surface area (Å²) in [6, 6.07) is 1.97. The Morgan fingerprint density at radius 3 is 2.31 bits per heavy atom. The summed E-state index contributed by atoms with van der Waals surface area (Å²) in [7, 11) is 0. The van der Waals surface area contributed by atoms with Crippen LogP contribution in [0.25, 0.3) is 0 Å². The van der Waals surface area contributed by atoms with Crippen molar-refractivity contribution in [1.82, 2.24) is 4.98 Å². The van der Waals surface area contributed by atoms with E-state index in [1.807, 2.05) is 0 Å². The number of rotatable bonds is 1. The van der Waals surface area contributed by atoms with E-state index >= 15 is 0 Å². The van der Waals surface area contributed by atoms with E-state index in [-0.39, 0.29) is 0 Å². The number of aromatic nitrogens is 1. The average Bonchev–Trinajstić information content (AvgIpc) is 2.14. The number of pyridine rings is 1. The van der Waals surface area contributed by atoms with Gasteiger partial charge in [0, 0.05) is 0 Å². The van der Waals surface area contributed by atoms with E-state index < -0.39 is 34.6 Å². The Morgan fingerprint density at radius 1 is 1.38 bits per heavy atom. The van der Waals surface area contributed by atoms with Crippen molar-refractivity contribution >= 4 is 11.6 Å². The summed E-state index contributed by atoms with van der Waals surface area (Å²) in [5.41, 5.74) is -3.90. The normalized spacial score (nSPS) is 11.6. The summed E-state index contributed by atoms with van der Waals surface area (Å²) in [5, 5.41) is 7.53. The molecule has 8 heteroatoms. The fraction of sp³-hybridized carbons (Fsp3) is 0.250. The number of hydrogen-bond donors (Lipinski definition) is 0. The largest absolute Gasteiger partial charge is 0.433 e. The molecule has 1 aromatic rings. The van der Waals surface area contributed by atoms with Gasteiger partial charge in [-0.25, -0.2) is 13.8 Å². The summed E-state index contributed by atoms with van der Waals surface area (Å²) >= 11 is 5.24. The van der Waals surface area contributed by atoms with Gasteiger partial charge in [0.15, 0.2) is 5.69 Å². The Balaban J connectivity index is 3.55. The van der Waals surface area contributed by atoms with E-state index in [9.17, 15) is 22.0 Å². The summed E-state index contributed by atoms with van der Waals surface area (Å²) in [5.74, 6) is 0. The van der Waals surface area contributed by atoms with E-state index in [0.29, 0.717) is 6.07 Å². The van der Waals surface area contributed by atoms with Gasteiger partial charge in [-0.05, 0) is 6.07 Å². The molecule has 0 aliphatic heterocycles. The maximum Gasteiger partial charge on any atom is 0.433 e. The first-order valence-corrected chi connectivity index (χ1v) is 4.11. The van der Waals surface area contributed by atoms with Crippen molar-refractivity contribution in [2.24, 2.45) is 0 Å². The highest BCUT2D eigenvalue weighted by atomic mass is 35.5. The summed E-state index contributed by atoms with van der Waals surface area (Å²) in [6.07, 6.45) is -8.49. The Labute approximate surface area is 91.3 Å². The van der Waals surface area contributed by atoms with Gasteiger partial charge in [0.2, 0.25) is 0 Å². The highest BCUT2D eigenvalue weighted by Gasteiger charge is 2.39. The van der Waals surface area contributed by atoms with Crippen molar-refractivity contribution in [2.75, 3.05) is 0 Å². The van der Waals surface area contributed by atoms with Crippen LogP contribution in [0.3, 0.4) is 0 Å². The minimum Gasteiger partial charge on any atom is -0.232 e. The Morgan fingerprint density at radius 2 is 1.94 bits per heavy atom. The number of hydrogen-bond acceptors (Lipinski definition) is 2. The maximum absolute atomic E-state index is 12.3. The van der Waals surface area contributed by atoms with Crippen LogP contribution in [-0.2, 0) is 6.18 Å². The summed E-state index contributed by atoms with van der Waals surface area (Å²) in [4.78, 5) is 2.79. The quantitative estimate of drug-likeness (QED) is 0.720. The molecule has 0 aliphatic carbocycles. The number of halogens is 6. The molecule has 2 nitrogen and oxygen atoms in total. The van der Waals surface area contributed by atoms with Gasteiger partial charge >= 0.3 is 6.18 Å². The number of alkyl halides is 5. The van der Waals surface area contributed by atoms with Gasteiger partial charge in [0.25, 0.3) is 6.43 Å². The average molecular weight is 257 g/mol. The van der Waals surface area contributed by atoms with Crippen LogP contribution in [0.5, 0.6) is 0 Å². The molecule has 1 rings (SSSR count). The lowest BCUT2D eigenvalue weighted by Gasteiger charge is -2.12. The Hall–Kier alpha value is -1.42. The van der Waals surface area contributed by atoms with E-state index in [1.165, 1.54) is 6.07 Å². The monoisotopic (exact) mass is 256 g/mol. The lowest BCUT2D eigenvalue weighted by molar-refractivity contribution is -0.143. The molecule has 0 aromatic carbocycles. The zero-order valence-corrected chi connectivity index (χ0v) is 8.07. The standard InChI is InChI=1S/C8H2ClF5N2/c9-4-1-3(2-15)16-6(8(12,13)14)5(4)7(10)11/h1,7H. The van der Waals surface area contributed by atoms with Crippen molar-refractivity contribution < 1.29 is 22.0 Å². The van der Waals surface area contributed by atoms with E-state index in [4.69, 9.17) is 16.9 Å². The van der Waals surface area contributed by atoms with Crippen LogP contribution >= 0.6 is 11.6 Å². The zero-order valence-electron chi connectivity index (χ0n) is 7.32. The predicted octanol–water partition coefficient (Wildman–Crippen LogP) is 3.56. The van der Waals surface area contributed by atoms with Crippen LogP contribution in [-0.4, -0.2) is 4.98 Å². The second-order valence-electron chi connectivity index (χ2n) is 2.66. The first-order valence-electron chi connectivity index (χ1n) is 3.73. The van der Waals surface area contributed by atoms with Gasteiger partial charge in [0.1, 0.15) is 11.8 Å². The molecule has 86 valence electrons. The molecule has 0 bridgehead atoms. The predicted molar refractivity (Wildman–Crippen MR) is 43.9 cm³/mol. The second-order valence-corrected chi connectivity index (χ2v) is 3.07. The molecule has 16 heavy (non-hydrogen) atoms. The van der Waals surface area contributed by atoms with Gasteiger partial charge < -0.3 is 0 Å². The van der Waals surface area contributed by atoms with Crippen LogP contribution in [0.4, 0.5) is 22.0 Å². The second kappa shape index (κ2) is 4.22. The van der Waals surface area contributed by atoms with Crippen molar-refractivity contribution in [3.8, 4) is 6.07 Å². The lowest BCUT2D eigenvalue weighted by Crippen LogP contribution is -2.14. The molecule has 0 spiro atoms. The summed E-state index contributed by atoms with van der Waals surface area (Å²) in [6.45, 7) is 0. The SMILES string of the molecule is N#Cc1cc(Cl)c(C(F)F)c(C(F)(F)F)n1. The first kappa shape index (κ1) is 12.6. The Kier molecular flexibility index (Phi) is 3.33. The van der Waals surface area contributed by atoms with Gasteiger partial charge in [-0.2, -0.15) is 18.4 Å². The smallest absolute Gasteiger partial charge is 0.232 e. The van der Waals surface area contributed by atoms with Crippen molar-refractivity contribution in [2.45, 2.75) is 12.6 Å². The first-order chi connectivity index (χ1) is 7.27. The van der Waals surface area contributed by atoms with E-state index in [1.54, 1.807) is 0 Å². The molecule has 0 radical (unpaired) electrons. The Bertz CT molecular complexity index is 449. The molecule has 1 heterocycles. The molecule has 0 atom stereocenters. The van der Waals surface area contributed by atoms with Crippen LogP contribution < -0.4 is 0 Å². The van der Waals surface area contributed by atoms with Crippen LogP contribution in [0.1, 0.15) is 23.4 Å². The van der Waals surface area contributed by atoms with Crippen LogP contribution in [0.15, 0.2) is 6.07 Å². The third-order valence-corrected chi connectivity index (χ3v) is 1.92. The third-order valence-electron chi connectivity index (χ3n) is 1.61. The van der Waals surface area contributed by atoms with Crippen molar-refractivity contribution in [3.63, 3.8) is 0 Å². The molecule has 0 fully saturated rings. The molecule has 1 aromatic heterocycles. The zero-order chi connectivity index (χ0) is 12.5. The maximum atomic E-state index is 12.3. The highest BCUT2D eigenvalue weighted by Crippen LogP contribution is 2.38. The van der Waals surface area contributed by atoms with Gasteiger partial charge in [-0.15, -0.1) is 0 Å². The molecule has 0 saturated carbocycles. The molecule has 0 saturated heterocycles. The molecular formula is C8H2ClF5N2. The van der Waals surface area contributed by atoms with Gasteiger partial charge in [-0.3, -0.25) is 0 Å². The minimum absolute atomic E-state index is 0.665. The van der Waals surface area contributed by atoms with Crippen LogP contribution in [0.2, 0.25) is 5.02 Å². The highest BCUT2D eigenvalue weighted by molar-refractivity contribution is 6.31. The molecule has 0 N–H and O–H groups in total. The van der Waals surface area contributed by atoms with E-state index in [0.717, 1.165) is 0 Å². The molecular weight excluding hydrogens is 255 g/mol. The topological polar surface area (TPSA) is 36.7 Å². The van der Waals surface area contributed by atoms with Gasteiger partial charge in [0.05, 0.1) is 10.6 Å². The van der Waals surface area contributed by atoms with E-state index in [2.05, 4.69) is 4.98 Å². The lowest BCUT2D eigenvalue weighted by atomic mass is 10.1. The van der Waals surface area contributed by atoms with Gasteiger partial charge in [-0.1, -0.05) is 11.6 Å². The fourth-order valence-electron chi connectivity index (χ4n) is 1.00. The third kappa shape index (κ3) is 2.39. The van der Waals surface area contributed by atoms with Crippen LogP contribution in [0, 0.1) is 11.3 Å².